The van der Waals surface area contributed by atoms with Crippen LogP contribution in [0.25, 0.3) is 17.2 Å². The number of rotatable bonds is 14. The molecular formula is C34H33N9O3S. The number of aromatic nitrogens is 4. The number of alkyl carbamates (subject to hydrolysis) is 1. The summed E-state index contributed by atoms with van der Waals surface area (Å²) in [6.07, 6.45) is 2.89. The van der Waals surface area contributed by atoms with Gasteiger partial charge in [-0.1, -0.05) is 48.5 Å². The number of carbonyl (C=O) groups excluding carboxylic acids is 1. The van der Waals surface area contributed by atoms with Gasteiger partial charge >= 0.3 is 6.09 Å². The van der Waals surface area contributed by atoms with Crippen LogP contribution in [0.5, 0.6) is 5.88 Å². The van der Waals surface area contributed by atoms with Crippen molar-refractivity contribution in [3.8, 4) is 11.9 Å². The van der Waals surface area contributed by atoms with Crippen molar-refractivity contribution < 1.29 is 14.3 Å². The van der Waals surface area contributed by atoms with Crippen LogP contribution < -0.4 is 20.7 Å². The van der Waals surface area contributed by atoms with Crippen molar-refractivity contribution >= 4 is 59.1 Å². The Hall–Kier alpha value is -5.87. The Labute approximate surface area is 276 Å². The minimum atomic E-state index is -0.496. The molecule has 2 aromatic heterocycles. The van der Waals surface area contributed by atoms with Crippen molar-refractivity contribution in [2.75, 3.05) is 36.6 Å². The Morgan fingerprint density at radius 1 is 1.13 bits per heavy atom. The highest BCUT2D eigenvalue weighted by atomic mass is 32.2. The predicted molar refractivity (Wildman–Crippen MR) is 185 cm³/mol. The van der Waals surface area contributed by atoms with Gasteiger partial charge < -0.3 is 30.4 Å². The van der Waals surface area contributed by atoms with Gasteiger partial charge in [0.05, 0.1) is 24.6 Å². The number of carbonyl (C=O) groups is 1. The molecule has 0 unspecified atom stereocenters. The standard InChI is InChI=1S/C34H33N9O3S/c1-37-28-5-3-4-6-29(28)47-21-26(18-35)17-23-11-13-27(14-12-23)43(2)15-16-45-34(44)38-19-24-7-9-25(10-8-24)20-46-32-30-31(40-22-39-30)41-33(36)42-32/h3-14,17,22H,1,15-16,19-21H2,2H3,(H,38,44)(H3,36,39,40,41,42)/b26-17+. The van der Waals surface area contributed by atoms with E-state index in [1.165, 1.54) is 6.33 Å². The van der Waals surface area contributed by atoms with Crippen LogP contribution in [0.4, 0.5) is 22.1 Å². The molecule has 0 spiro atoms. The molecule has 3 aromatic carbocycles. The highest BCUT2D eigenvalue weighted by molar-refractivity contribution is 7.99. The lowest BCUT2D eigenvalue weighted by Gasteiger charge is -2.19. The highest BCUT2D eigenvalue weighted by Crippen LogP contribution is 2.30. The fraction of sp³-hybridized carbons (Fsp3) is 0.176. The normalized spacial score (nSPS) is 11.1. The molecule has 5 aromatic rings. The first-order valence-electron chi connectivity index (χ1n) is 14.6. The number of thioether (sulfide) groups is 1. The molecule has 0 bridgehead atoms. The second-order valence-corrected chi connectivity index (χ2v) is 11.3. The number of likely N-dealkylation sites (N-methyl/N-ethyl adjacent to an activating group) is 1. The molecule has 13 heteroatoms. The number of H-pyrrole nitrogens is 1. The van der Waals surface area contributed by atoms with Crippen molar-refractivity contribution in [2.24, 2.45) is 4.99 Å². The van der Waals surface area contributed by atoms with Gasteiger partial charge in [-0.2, -0.15) is 15.2 Å². The van der Waals surface area contributed by atoms with Gasteiger partial charge in [0.25, 0.3) is 0 Å². The molecule has 0 aliphatic heterocycles. The molecule has 12 nitrogen and oxygen atoms in total. The van der Waals surface area contributed by atoms with Crippen LogP contribution in [0.1, 0.15) is 16.7 Å². The largest absolute Gasteiger partial charge is 0.471 e. The molecule has 4 N–H and O–H groups in total. The van der Waals surface area contributed by atoms with Crippen LogP contribution in [-0.2, 0) is 17.9 Å². The Kier molecular flexibility index (Phi) is 11.0. The summed E-state index contributed by atoms with van der Waals surface area (Å²) < 4.78 is 11.2. The zero-order chi connectivity index (χ0) is 33.0. The fourth-order valence-corrected chi connectivity index (χ4v) is 5.37. The molecule has 0 fully saturated rings. The van der Waals surface area contributed by atoms with Gasteiger partial charge in [-0.05, 0) is 53.7 Å². The van der Waals surface area contributed by atoms with E-state index in [0.29, 0.717) is 41.5 Å². The number of amides is 1. The van der Waals surface area contributed by atoms with Gasteiger partial charge in [-0.25, -0.2) is 9.78 Å². The number of nitrogens with one attached hydrogen (secondary N) is 2. The Balaban J connectivity index is 1.02. The lowest BCUT2D eigenvalue weighted by Crippen LogP contribution is -2.28. The van der Waals surface area contributed by atoms with Crippen LogP contribution in [0.3, 0.4) is 0 Å². The molecule has 2 heterocycles. The lowest BCUT2D eigenvalue weighted by molar-refractivity contribution is 0.148. The van der Waals surface area contributed by atoms with E-state index < -0.39 is 6.09 Å². The molecular weight excluding hydrogens is 615 g/mol. The van der Waals surface area contributed by atoms with Crippen molar-refractivity contribution in [1.29, 1.82) is 5.26 Å². The second kappa shape index (κ2) is 15.9. The van der Waals surface area contributed by atoms with Crippen LogP contribution >= 0.6 is 11.8 Å². The number of imidazole rings is 1. The molecule has 1 amide bonds. The quantitative estimate of drug-likeness (QED) is 0.0749. The number of nitriles is 1. The molecule has 5 rings (SSSR count). The number of para-hydroxylation sites is 1. The van der Waals surface area contributed by atoms with Gasteiger partial charge in [0.1, 0.15) is 13.2 Å². The van der Waals surface area contributed by atoms with E-state index in [1.54, 1.807) is 11.8 Å². The SMILES string of the molecule is C=Nc1ccccc1SC/C(C#N)=C/c1ccc(N(C)CCOC(=O)NCc2ccc(COc3nc(N)nc4[nH]cnc34)cc2)cc1. The third-order valence-corrected chi connectivity index (χ3v) is 8.11. The third-order valence-electron chi connectivity index (χ3n) is 7.00. The number of ether oxygens (including phenoxy) is 2. The van der Waals surface area contributed by atoms with Gasteiger partial charge in [-0.3, -0.25) is 4.99 Å². The van der Waals surface area contributed by atoms with Crippen LogP contribution in [0.15, 0.2) is 94.6 Å². The van der Waals surface area contributed by atoms with Crippen LogP contribution in [0.2, 0.25) is 0 Å². The first-order chi connectivity index (χ1) is 22.9. The fourth-order valence-electron chi connectivity index (χ4n) is 4.46. The van der Waals surface area contributed by atoms with Gasteiger partial charge in [-0.15, -0.1) is 11.8 Å². The first-order valence-corrected chi connectivity index (χ1v) is 15.6. The average Bonchev–Trinajstić information content (AvgIpc) is 3.57. The summed E-state index contributed by atoms with van der Waals surface area (Å²) in [6.45, 7) is 4.93. The van der Waals surface area contributed by atoms with Gasteiger partial charge in [0.2, 0.25) is 11.8 Å². The van der Waals surface area contributed by atoms with E-state index >= 15 is 0 Å². The third kappa shape index (κ3) is 9.09. The zero-order valence-electron chi connectivity index (χ0n) is 25.7. The molecule has 0 saturated carbocycles. The Bertz CT molecular complexity index is 1900. The number of anilines is 2. The van der Waals surface area contributed by atoms with E-state index in [0.717, 1.165) is 33.0 Å². The summed E-state index contributed by atoms with van der Waals surface area (Å²) in [6, 6.07) is 25.5. The lowest BCUT2D eigenvalue weighted by atomic mass is 10.1. The van der Waals surface area contributed by atoms with E-state index in [2.05, 4.69) is 43.0 Å². The number of hydrogen-bond acceptors (Lipinski definition) is 11. The number of nitrogens with zero attached hydrogens (tertiary/aromatic N) is 6. The molecule has 0 atom stereocenters. The minimum Gasteiger partial charge on any atom is -0.471 e. The molecule has 0 aliphatic rings. The zero-order valence-corrected chi connectivity index (χ0v) is 26.5. The number of fused-ring (bicyclic) bond motifs is 1. The topological polar surface area (TPSA) is 167 Å². The number of nitrogens with two attached hydrogens (primary N) is 1. The van der Waals surface area contributed by atoms with Crippen molar-refractivity contribution in [3.63, 3.8) is 0 Å². The summed E-state index contributed by atoms with van der Waals surface area (Å²) in [4.78, 5) is 34.6. The molecule has 0 radical (unpaired) electrons. The number of hydrogen-bond donors (Lipinski definition) is 3. The first kappa shape index (κ1) is 32.5. The van der Waals surface area contributed by atoms with Gasteiger partial charge in [0, 0.05) is 35.5 Å². The van der Waals surface area contributed by atoms with Gasteiger partial charge in [0.15, 0.2) is 11.2 Å². The van der Waals surface area contributed by atoms with Crippen molar-refractivity contribution in [2.45, 2.75) is 18.0 Å². The van der Waals surface area contributed by atoms with Crippen molar-refractivity contribution in [3.05, 3.63) is 101 Å². The maximum atomic E-state index is 12.3. The molecule has 0 saturated heterocycles. The van der Waals surface area contributed by atoms with E-state index in [-0.39, 0.29) is 19.2 Å². The summed E-state index contributed by atoms with van der Waals surface area (Å²) in [5.74, 6) is 0.935. The van der Waals surface area contributed by atoms with Crippen LogP contribution in [-0.4, -0.2) is 58.7 Å². The van der Waals surface area contributed by atoms with Crippen molar-refractivity contribution in [1.82, 2.24) is 25.3 Å². The molecule has 0 aliphatic carbocycles. The predicted octanol–water partition coefficient (Wildman–Crippen LogP) is 5.91. The second-order valence-electron chi connectivity index (χ2n) is 10.3. The van der Waals surface area contributed by atoms with E-state index in [4.69, 9.17) is 15.2 Å². The number of benzene rings is 3. The van der Waals surface area contributed by atoms with E-state index in [9.17, 15) is 10.1 Å². The maximum absolute atomic E-state index is 12.3. The average molecular weight is 648 g/mol. The minimum absolute atomic E-state index is 0.0984. The number of nitrogen functional groups attached to an aromatic ring is 1. The van der Waals surface area contributed by atoms with Crippen LogP contribution in [0, 0.1) is 11.3 Å². The monoisotopic (exact) mass is 647 g/mol. The summed E-state index contributed by atoms with van der Waals surface area (Å²) >= 11 is 1.55. The highest BCUT2D eigenvalue weighted by Gasteiger charge is 2.11. The smallest absolute Gasteiger partial charge is 0.407 e. The molecule has 238 valence electrons. The Morgan fingerprint density at radius 2 is 1.89 bits per heavy atom. The molecule has 47 heavy (non-hydrogen) atoms. The number of aliphatic imine (C=N–C) groups is 1. The maximum Gasteiger partial charge on any atom is 0.407 e. The summed E-state index contributed by atoms with van der Waals surface area (Å²) in [5, 5.41) is 12.4. The Morgan fingerprint density at radius 3 is 2.66 bits per heavy atom. The summed E-state index contributed by atoms with van der Waals surface area (Å²) in [7, 11) is 1.93. The summed E-state index contributed by atoms with van der Waals surface area (Å²) in [5.41, 5.74) is 11.9. The number of aromatic amines is 1. The van der Waals surface area contributed by atoms with E-state index in [1.807, 2.05) is 90.8 Å².